The van der Waals surface area contributed by atoms with E-state index in [1.165, 1.54) is 22.5 Å². The highest BCUT2D eigenvalue weighted by Gasteiger charge is 2.31. The first kappa shape index (κ1) is 16.0. The molecule has 18 heavy (non-hydrogen) atoms. The van der Waals surface area contributed by atoms with Crippen molar-refractivity contribution in [2.45, 2.75) is 17.4 Å². The third kappa shape index (κ3) is 3.10. The van der Waals surface area contributed by atoms with E-state index in [-0.39, 0.29) is 28.4 Å². The van der Waals surface area contributed by atoms with E-state index >= 15 is 0 Å². The normalized spacial score (nSPS) is 20.7. The van der Waals surface area contributed by atoms with Gasteiger partial charge in [0.1, 0.15) is 0 Å². The first-order valence-electron chi connectivity index (χ1n) is 5.12. The molecular formula is C10H13Cl3N2O2S. The Hall–Kier alpha value is -0.0400. The Balaban J connectivity index is 0.00000162. The third-order valence-electron chi connectivity index (χ3n) is 2.72. The Kier molecular flexibility index (Phi) is 5.29. The Labute approximate surface area is 123 Å². The van der Waals surface area contributed by atoms with Gasteiger partial charge in [0.2, 0.25) is 10.0 Å². The largest absolute Gasteiger partial charge is 0.326 e. The molecule has 1 aliphatic heterocycles. The van der Waals surface area contributed by atoms with Gasteiger partial charge in [-0.2, -0.15) is 4.31 Å². The molecule has 0 aromatic heterocycles. The van der Waals surface area contributed by atoms with Gasteiger partial charge in [-0.1, -0.05) is 23.2 Å². The van der Waals surface area contributed by atoms with Crippen LogP contribution in [0.3, 0.4) is 0 Å². The summed E-state index contributed by atoms with van der Waals surface area (Å²) < 4.78 is 25.8. The van der Waals surface area contributed by atoms with Crippen LogP contribution in [-0.2, 0) is 10.0 Å². The molecule has 1 fully saturated rings. The number of benzene rings is 1. The van der Waals surface area contributed by atoms with Crippen molar-refractivity contribution in [2.75, 3.05) is 13.1 Å². The minimum Gasteiger partial charge on any atom is -0.326 e. The highest BCUT2D eigenvalue weighted by Crippen LogP contribution is 2.27. The van der Waals surface area contributed by atoms with Gasteiger partial charge in [-0.25, -0.2) is 8.42 Å². The summed E-state index contributed by atoms with van der Waals surface area (Å²) in [4.78, 5) is 0.154. The number of halogens is 3. The monoisotopic (exact) mass is 330 g/mol. The van der Waals surface area contributed by atoms with Crippen LogP contribution in [0.25, 0.3) is 0 Å². The lowest BCUT2D eigenvalue weighted by molar-refractivity contribution is 0.472. The van der Waals surface area contributed by atoms with Crippen molar-refractivity contribution in [1.82, 2.24) is 4.31 Å². The molecule has 0 aliphatic carbocycles. The predicted octanol–water partition coefficient (Wildman–Crippen LogP) is 2.14. The molecule has 4 nitrogen and oxygen atoms in total. The molecule has 0 unspecified atom stereocenters. The maximum Gasteiger partial charge on any atom is 0.243 e. The molecule has 0 radical (unpaired) electrons. The molecule has 0 saturated carbocycles. The molecule has 2 rings (SSSR count). The van der Waals surface area contributed by atoms with Crippen molar-refractivity contribution in [1.29, 1.82) is 0 Å². The van der Waals surface area contributed by atoms with Crippen molar-refractivity contribution in [2.24, 2.45) is 5.73 Å². The van der Waals surface area contributed by atoms with Gasteiger partial charge >= 0.3 is 0 Å². The summed E-state index contributed by atoms with van der Waals surface area (Å²) in [6.07, 6.45) is 0.681. The Morgan fingerprint density at radius 3 is 2.44 bits per heavy atom. The fraction of sp³-hybridized carbons (Fsp3) is 0.400. The van der Waals surface area contributed by atoms with E-state index < -0.39 is 10.0 Å². The molecule has 102 valence electrons. The van der Waals surface area contributed by atoms with Crippen molar-refractivity contribution in [3.05, 3.63) is 28.2 Å². The first-order chi connectivity index (χ1) is 7.91. The van der Waals surface area contributed by atoms with Crippen LogP contribution < -0.4 is 5.73 Å². The summed E-state index contributed by atoms with van der Waals surface area (Å²) in [7, 11) is -3.50. The number of nitrogens with two attached hydrogens (primary N) is 1. The number of hydrogen-bond donors (Lipinski definition) is 1. The number of hydrogen-bond acceptors (Lipinski definition) is 3. The van der Waals surface area contributed by atoms with Crippen molar-refractivity contribution in [3.63, 3.8) is 0 Å². The van der Waals surface area contributed by atoms with Gasteiger partial charge < -0.3 is 5.73 Å². The van der Waals surface area contributed by atoms with E-state index in [0.717, 1.165) is 0 Å². The van der Waals surface area contributed by atoms with E-state index in [4.69, 9.17) is 28.9 Å². The van der Waals surface area contributed by atoms with Gasteiger partial charge in [0.25, 0.3) is 0 Å². The molecule has 2 N–H and O–H groups in total. The molecule has 1 heterocycles. The van der Waals surface area contributed by atoms with E-state index in [9.17, 15) is 8.42 Å². The molecule has 1 aromatic carbocycles. The van der Waals surface area contributed by atoms with Crippen LogP contribution in [0.1, 0.15) is 6.42 Å². The molecule has 1 saturated heterocycles. The molecule has 0 bridgehead atoms. The summed E-state index contributed by atoms with van der Waals surface area (Å²) in [6, 6.07) is 4.20. The molecule has 0 amide bonds. The minimum absolute atomic E-state index is 0. The fourth-order valence-corrected chi connectivity index (χ4v) is 3.66. The number of sulfonamides is 1. The molecule has 1 aliphatic rings. The second-order valence-corrected chi connectivity index (χ2v) is 6.74. The highest BCUT2D eigenvalue weighted by atomic mass is 35.5. The van der Waals surface area contributed by atoms with Gasteiger partial charge in [-0.15, -0.1) is 12.4 Å². The Morgan fingerprint density at radius 1 is 1.28 bits per heavy atom. The van der Waals surface area contributed by atoms with Crippen LogP contribution in [0.5, 0.6) is 0 Å². The Bertz CT molecular complexity index is 536. The van der Waals surface area contributed by atoms with E-state index in [1.54, 1.807) is 0 Å². The van der Waals surface area contributed by atoms with Crippen molar-refractivity contribution in [3.8, 4) is 0 Å². The maximum atomic E-state index is 12.2. The minimum atomic E-state index is -3.50. The van der Waals surface area contributed by atoms with Gasteiger partial charge in [-0.05, 0) is 24.6 Å². The smallest absolute Gasteiger partial charge is 0.243 e. The second kappa shape index (κ2) is 5.94. The zero-order valence-electron chi connectivity index (χ0n) is 9.34. The number of nitrogens with zero attached hydrogens (tertiary/aromatic N) is 1. The lowest BCUT2D eigenvalue weighted by atomic mass is 10.3. The molecule has 1 aromatic rings. The maximum absolute atomic E-state index is 12.2. The zero-order chi connectivity index (χ0) is 12.6. The Morgan fingerprint density at radius 2 is 1.94 bits per heavy atom. The summed E-state index contributed by atoms with van der Waals surface area (Å²) in [5, 5.41) is 0.569. The molecule has 1 atom stereocenters. The van der Waals surface area contributed by atoms with Crippen molar-refractivity contribution >= 4 is 45.6 Å². The zero-order valence-corrected chi connectivity index (χ0v) is 12.5. The topological polar surface area (TPSA) is 63.4 Å². The first-order valence-corrected chi connectivity index (χ1v) is 7.31. The van der Waals surface area contributed by atoms with Crippen LogP contribution >= 0.6 is 35.6 Å². The van der Waals surface area contributed by atoms with Crippen LogP contribution in [0, 0.1) is 0 Å². The van der Waals surface area contributed by atoms with E-state index in [2.05, 4.69) is 0 Å². The van der Waals surface area contributed by atoms with E-state index in [1.807, 2.05) is 0 Å². The highest BCUT2D eigenvalue weighted by molar-refractivity contribution is 7.89. The fourth-order valence-electron chi connectivity index (χ4n) is 1.76. The summed E-state index contributed by atoms with van der Waals surface area (Å²) in [6.45, 7) is 0.798. The average molecular weight is 332 g/mol. The number of rotatable bonds is 2. The second-order valence-electron chi connectivity index (χ2n) is 3.99. The van der Waals surface area contributed by atoms with Gasteiger partial charge in [-0.3, -0.25) is 0 Å². The van der Waals surface area contributed by atoms with Crippen LogP contribution in [0.2, 0.25) is 10.0 Å². The van der Waals surface area contributed by atoms with Gasteiger partial charge in [0, 0.05) is 19.1 Å². The van der Waals surface area contributed by atoms with Crippen LogP contribution in [-0.4, -0.2) is 31.9 Å². The van der Waals surface area contributed by atoms with Gasteiger partial charge in [0.05, 0.1) is 14.9 Å². The van der Waals surface area contributed by atoms with E-state index in [0.29, 0.717) is 24.5 Å². The van der Waals surface area contributed by atoms with Gasteiger partial charge in [0.15, 0.2) is 0 Å². The quantitative estimate of drug-likeness (QED) is 0.903. The molecule has 8 heteroatoms. The SMILES string of the molecule is Cl.N[C@H]1CCN(S(=O)(=O)c2ccc(Cl)c(Cl)c2)C1. The standard InChI is InChI=1S/C10H12Cl2N2O2S.ClH/c11-9-2-1-8(5-10(9)12)17(15,16)14-4-3-7(13)6-14;/h1-2,5,7H,3-4,6,13H2;1H/t7-;/m0./s1. The molecule has 0 spiro atoms. The lowest BCUT2D eigenvalue weighted by Crippen LogP contribution is -2.31. The average Bonchev–Trinajstić information content (AvgIpc) is 2.69. The predicted molar refractivity (Wildman–Crippen MR) is 75.1 cm³/mol. The summed E-state index contributed by atoms with van der Waals surface area (Å²) >= 11 is 11.6. The lowest BCUT2D eigenvalue weighted by Gasteiger charge is -2.16. The van der Waals surface area contributed by atoms with Crippen LogP contribution in [0.4, 0.5) is 0 Å². The van der Waals surface area contributed by atoms with Crippen LogP contribution in [0.15, 0.2) is 23.1 Å². The summed E-state index contributed by atoms with van der Waals surface area (Å²) in [5.74, 6) is 0. The summed E-state index contributed by atoms with van der Waals surface area (Å²) in [5.41, 5.74) is 5.70. The molecular weight excluding hydrogens is 319 g/mol. The third-order valence-corrected chi connectivity index (χ3v) is 5.32. The van der Waals surface area contributed by atoms with Crippen molar-refractivity contribution < 1.29 is 8.42 Å².